The quantitative estimate of drug-likeness (QED) is 0.726. The highest BCUT2D eigenvalue weighted by molar-refractivity contribution is 9.11. The van der Waals surface area contributed by atoms with E-state index in [-0.39, 0.29) is 18.4 Å². The lowest BCUT2D eigenvalue weighted by Crippen LogP contribution is -2.45. The number of carbonyl (C=O) groups is 1. The molecule has 8 heteroatoms. The average Bonchev–Trinajstić information content (AvgIpc) is 3.08. The second-order valence-electron chi connectivity index (χ2n) is 5.99. The molecular formula is C17H19BrN2O3S2. The number of piperidine rings is 1. The van der Waals surface area contributed by atoms with Gasteiger partial charge < -0.3 is 4.90 Å². The number of sulfonamides is 1. The fourth-order valence-electron chi connectivity index (χ4n) is 2.98. The summed E-state index contributed by atoms with van der Waals surface area (Å²) in [5.41, 5.74) is 0.815. The lowest BCUT2D eigenvalue weighted by molar-refractivity contribution is -0.123. The fraction of sp³-hybridized carbons (Fsp3) is 0.353. The van der Waals surface area contributed by atoms with E-state index in [1.807, 2.05) is 30.3 Å². The van der Waals surface area contributed by atoms with Gasteiger partial charge in [-0.2, -0.15) is 4.31 Å². The summed E-state index contributed by atoms with van der Waals surface area (Å²) in [6, 6.07) is 12.7. The van der Waals surface area contributed by atoms with E-state index >= 15 is 0 Å². The third kappa shape index (κ3) is 3.97. The Kier molecular flexibility index (Phi) is 5.62. The van der Waals surface area contributed by atoms with E-state index in [1.54, 1.807) is 24.1 Å². The Morgan fingerprint density at radius 1 is 1.24 bits per heavy atom. The van der Waals surface area contributed by atoms with Crippen LogP contribution in [0.15, 0.2) is 50.5 Å². The molecule has 5 nitrogen and oxygen atoms in total. The maximum absolute atomic E-state index is 12.8. The van der Waals surface area contributed by atoms with Gasteiger partial charge in [-0.25, -0.2) is 8.42 Å². The van der Waals surface area contributed by atoms with Crippen LogP contribution in [0.4, 0.5) is 5.69 Å². The van der Waals surface area contributed by atoms with Crippen LogP contribution in [0, 0.1) is 5.92 Å². The summed E-state index contributed by atoms with van der Waals surface area (Å²) in [6.45, 7) is 0.685. The zero-order valence-corrected chi connectivity index (χ0v) is 17.0. The molecule has 1 saturated heterocycles. The number of halogens is 1. The zero-order chi connectivity index (χ0) is 18.0. The van der Waals surface area contributed by atoms with Gasteiger partial charge in [0.25, 0.3) is 10.0 Å². The molecule has 1 aliphatic rings. The molecule has 3 rings (SSSR count). The van der Waals surface area contributed by atoms with Crippen molar-refractivity contribution < 1.29 is 13.2 Å². The van der Waals surface area contributed by atoms with Crippen LogP contribution >= 0.6 is 27.3 Å². The molecular weight excluding hydrogens is 424 g/mol. The van der Waals surface area contributed by atoms with Gasteiger partial charge in [-0.1, -0.05) is 18.2 Å². The molecule has 0 N–H and O–H groups in total. The maximum atomic E-state index is 12.8. The van der Waals surface area contributed by atoms with Crippen LogP contribution in [0.3, 0.4) is 0 Å². The molecule has 1 fully saturated rings. The lowest BCUT2D eigenvalue weighted by atomic mass is 9.98. The number of amides is 1. The summed E-state index contributed by atoms with van der Waals surface area (Å²) in [5.74, 6) is -0.365. The van der Waals surface area contributed by atoms with Crippen molar-refractivity contribution in [2.45, 2.75) is 17.1 Å². The van der Waals surface area contributed by atoms with Gasteiger partial charge >= 0.3 is 0 Å². The van der Waals surface area contributed by atoms with Crippen molar-refractivity contribution in [1.29, 1.82) is 0 Å². The number of thiophene rings is 1. The average molecular weight is 443 g/mol. The SMILES string of the molecule is CN(C(=O)C1CCCN(S(=O)(=O)c2ccc(Br)s2)C1)c1ccccc1. The van der Waals surface area contributed by atoms with Crippen molar-refractivity contribution in [1.82, 2.24) is 4.31 Å². The molecule has 0 radical (unpaired) electrons. The first kappa shape index (κ1) is 18.6. The first-order chi connectivity index (χ1) is 11.9. The minimum atomic E-state index is -3.55. The largest absolute Gasteiger partial charge is 0.315 e. The smallest absolute Gasteiger partial charge is 0.252 e. The van der Waals surface area contributed by atoms with Crippen LogP contribution in [0.25, 0.3) is 0 Å². The van der Waals surface area contributed by atoms with Crippen molar-refractivity contribution in [2.75, 3.05) is 25.0 Å². The maximum Gasteiger partial charge on any atom is 0.252 e. The lowest BCUT2D eigenvalue weighted by Gasteiger charge is -2.33. The van der Waals surface area contributed by atoms with Gasteiger partial charge in [-0.05, 0) is 53.0 Å². The highest BCUT2D eigenvalue weighted by Crippen LogP contribution is 2.31. The second-order valence-corrected chi connectivity index (χ2v) is 10.6. The van der Waals surface area contributed by atoms with E-state index in [2.05, 4.69) is 15.9 Å². The Labute approximate surface area is 160 Å². The number of rotatable bonds is 4. The van der Waals surface area contributed by atoms with E-state index in [0.717, 1.165) is 9.47 Å². The second kappa shape index (κ2) is 7.57. The Bertz CT molecular complexity index is 852. The van der Waals surface area contributed by atoms with E-state index in [9.17, 15) is 13.2 Å². The number of carbonyl (C=O) groups excluding carboxylic acids is 1. The summed E-state index contributed by atoms with van der Waals surface area (Å²) in [6.07, 6.45) is 1.39. The summed E-state index contributed by atoms with van der Waals surface area (Å²) in [5, 5.41) is 0. The van der Waals surface area contributed by atoms with Crippen LogP contribution in [0.5, 0.6) is 0 Å². The molecule has 0 aliphatic carbocycles. The molecule has 1 aliphatic heterocycles. The predicted molar refractivity (Wildman–Crippen MR) is 103 cm³/mol. The van der Waals surface area contributed by atoms with Crippen LogP contribution in [-0.2, 0) is 14.8 Å². The molecule has 1 atom stereocenters. The summed E-state index contributed by atoms with van der Waals surface area (Å²) in [4.78, 5) is 14.4. The highest BCUT2D eigenvalue weighted by Gasteiger charge is 2.35. The van der Waals surface area contributed by atoms with E-state index in [1.165, 1.54) is 15.6 Å². The van der Waals surface area contributed by atoms with Gasteiger partial charge in [0.05, 0.1) is 9.70 Å². The standard InChI is InChI=1S/C17H19BrN2O3S2/c1-19(14-7-3-2-4-8-14)17(21)13-6-5-11-20(12-13)25(22,23)16-10-9-15(18)24-16/h2-4,7-10,13H,5-6,11-12H2,1H3. The topological polar surface area (TPSA) is 57.7 Å². The summed E-state index contributed by atoms with van der Waals surface area (Å²) >= 11 is 4.50. The normalized spacial score (nSPS) is 18.9. The number of benzene rings is 1. The molecule has 134 valence electrons. The first-order valence-electron chi connectivity index (χ1n) is 7.97. The molecule has 25 heavy (non-hydrogen) atoms. The molecule has 2 aromatic rings. The van der Waals surface area contributed by atoms with E-state index in [0.29, 0.717) is 23.6 Å². The van der Waals surface area contributed by atoms with Gasteiger partial charge in [0, 0.05) is 25.8 Å². The predicted octanol–water partition coefficient (Wildman–Crippen LogP) is 3.57. The van der Waals surface area contributed by atoms with Crippen molar-refractivity contribution in [3.63, 3.8) is 0 Å². The van der Waals surface area contributed by atoms with Gasteiger partial charge in [0.2, 0.25) is 5.91 Å². The third-order valence-corrected chi connectivity index (χ3v) is 8.31. The first-order valence-corrected chi connectivity index (χ1v) is 11.0. The molecule has 1 aromatic carbocycles. The molecule has 0 saturated carbocycles. The van der Waals surface area contributed by atoms with Crippen LogP contribution in [-0.4, -0.2) is 38.8 Å². The van der Waals surface area contributed by atoms with Crippen molar-refractivity contribution >= 4 is 48.9 Å². The van der Waals surface area contributed by atoms with Crippen molar-refractivity contribution in [3.8, 4) is 0 Å². The van der Waals surface area contributed by atoms with Crippen LogP contribution < -0.4 is 4.90 Å². The van der Waals surface area contributed by atoms with Crippen molar-refractivity contribution in [2.24, 2.45) is 5.92 Å². The Morgan fingerprint density at radius 2 is 1.96 bits per heavy atom. The zero-order valence-electron chi connectivity index (χ0n) is 13.8. The minimum Gasteiger partial charge on any atom is -0.315 e. The summed E-state index contributed by atoms with van der Waals surface area (Å²) in [7, 11) is -1.81. The molecule has 1 amide bonds. The Hall–Kier alpha value is -1.22. The molecule has 0 bridgehead atoms. The van der Waals surface area contributed by atoms with Gasteiger partial charge in [0.1, 0.15) is 4.21 Å². The summed E-state index contributed by atoms with van der Waals surface area (Å²) < 4.78 is 28.1. The number of anilines is 1. The van der Waals surface area contributed by atoms with E-state index in [4.69, 9.17) is 0 Å². The molecule has 0 spiro atoms. The molecule has 1 unspecified atom stereocenters. The Balaban J connectivity index is 1.76. The van der Waals surface area contributed by atoms with Gasteiger partial charge in [0.15, 0.2) is 0 Å². The highest BCUT2D eigenvalue weighted by atomic mass is 79.9. The molecule has 2 heterocycles. The van der Waals surface area contributed by atoms with Gasteiger partial charge in [-0.15, -0.1) is 11.3 Å². The van der Waals surface area contributed by atoms with Gasteiger partial charge in [-0.3, -0.25) is 4.79 Å². The number of hydrogen-bond donors (Lipinski definition) is 0. The fourth-order valence-corrected chi connectivity index (χ4v) is 6.67. The third-order valence-electron chi connectivity index (χ3n) is 4.35. The minimum absolute atomic E-state index is 0.0431. The van der Waals surface area contributed by atoms with Crippen LogP contribution in [0.1, 0.15) is 12.8 Å². The molecule has 1 aromatic heterocycles. The van der Waals surface area contributed by atoms with E-state index < -0.39 is 10.0 Å². The number of hydrogen-bond acceptors (Lipinski definition) is 4. The number of nitrogens with zero attached hydrogens (tertiary/aromatic N) is 2. The number of para-hydroxylation sites is 1. The monoisotopic (exact) mass is 442 g/mol. The Morgan fingerprint density at radius 3 is 2.60 bits per heavy atom. The van der Waals surface area contributed by atoms with Crippen molar-refractivity contribution in [3.05, 3.63) is 46.3 Å². The van der Waals surface area contributed by atoms with Crippen LogP contribution in [0.2, 0.25) is 0 Å².